The molecule has 0 amide bonds. The van der Waals surface area contributed by atoms with Gasteiger partial charge in [0.1, 0.15) is 5.52 Å². The van der Waals surface area contributed by atoms with Crippen LogP contribution in [0.3, 0.4) is 0 Å². The standard InChI is InChI=1S/C24H18N4O4/c29-24(30)16-5-6-18-17(9-15-2-1-3-19-23(15)26-27-25-19)12-28(20(18)10-16)11-14-4-7-21-22(8-14)32-13-31-21/h1-8,10,12H,9,11,13H2,(H,29,30)(H,25,26,27). The molecule has 3 heterocycles. The molecular formula is C24H18N4O4. The lowest BCUT2D eigenvalue weighted by Crippen LogP contribution is -2.00. The fourth-order valence-corrected chi connectivity index (χ4v) is 4.29. The zero-order valence-corrected chi connectivity index (χ0v) is 16.9. The minimum Gasteiger partial charge on any atom is -0.478 e. The van der Waals surface area contributed by atoms with Crippen LogP contribution in [0.25, 0.3) is 21.9 Å². The first-order valence-electron chi connectivity index (χ1n) is 10.2. The Morgan fingerprint density at radius 1 is 1.06 bits per heavy atom. The van der Waals surface area contributed by atoms with Gasteiger partial charge in [0.25, 0.3) is 0 Å². The van der Waals surface area contributed by atoms with Gasteiger partial charge in [0.05, 0.1) is 11.1 Å². The molecule has 0 spiro atoms. The van der Waals surface area contributed by atoms with E-state index in [0.717, 1.165) is 50.1 Å². The summed E-state index contributed by atoms with van der Waals surface area (Å²) in [5, 5.41) is 21.6. The van der Waals surface area contributed by atoms with Crippen LogP contribution in [0.1, 0.15) is 27.0 Å². The highest BCUT2D eigenvalue weighted by molar-refractivity contribution is 5.95. The maximum Gasteiger partial charge on any atom is 0.335 e. The van der Waals surface area contributed by atoms with Gasteiger partial charge in [-0.05, 0) is 47.0 Å². The molecule has 158 valence electrons. The van der Waals surface area contributed by atoms with Gasteiger partial charge in [-0.3, -0.25) is 5.10 Å². The predicted octanol–water partition coefficient (Wildman–Crippen LogP) is 3.98. The number of ether oxygens (including phenoxy) is 2. The Hall–Kier alpha value is -4.33. The molecule has 0 saturated carbocycles. The number of nitrogens with one attached hydrogen (secondary N) is 1. The lowest BCUT2D eigenvalue weighted by atomic mass is 10.0. The highest BCUT2D eigenvalue weighted by atomic mass is 16.7. The van der Waals surface area contributed by atoms with Crippen molar-refractivity contribution in [2.75, 3.05) is 6.79 Å². The summed E-state index contributed by atoms with van der Waals surface area (Å²) in [6.45, 7) is 0.801. The van der Waals surface area contributed by atoms with Gasteiger partial charge < -0.3 is 19.1 Å². The summed E-state index contributed by atoms with van der Waals surface area (Å²) >= 11 is 0. The molecule has 0 bridgehead atoms. The fraction of sp³-hybridized carbons (Fsp3) is 0.125. The van der Waals surface area contributed by atoms with Crippen LogP contribution in [0.4, 0.5) is 0 Å². The van der Waals surface area contributed by atoms with Gasteiger partial charge in [-0.15, -0.1) is 5.10 Å². The third-order valence-corrected chi connectivity index (χ3v) is 5.82. The molecule has 0 atom stereocenters. The van der Waals surface area contributed by atoms with Crippen LogP contribution in [-0.2, 0) is 13.0 Å². The summed E-state index contributed by atoms with van der Waals surface area (Å²) in [6, 6.07) is 17.1. The number of carboxylic acids is 1. The van der Waals surface area contributed by atoms with Crippen molar-refractivity contribution in [1.29, 1.82) is 0 Å². The quantitative estimate of drug-likeness (QED) is 0.441. The van der Waals surface area contributed by atoms with Gasteiger partial charge in [0.2, 0.25) is 6.79 Å². The van der Waals surface area contributed by atoms with E-state index < -0.39 is 5.97 Å². The number of rotatable bonds is 5. The highest BCUT2D eigenvalue weighted by Crippen LogP contribution is 2.33. The molecule has 2 N–H and O–H groups in total. The van der Waals surface area contributed by atoms with Gasteiger partial charge in [-0.25, -0.2) is 4.79 Å². The molecular weight excluding hydrogens is 408 g/mol. The van der Waals surface area contributed by atoms with Crippen LogP contribution in [0.5, 0.6) is 11.5 Å². The van der Waals surface area contributed by atoms with E-state index in [1.165, 1.54) is 0 Å². The number of H-pyrrole nitrogens is 1. The summed E-state index contributed by atoms with van der Waals surface area (Å²) in [7, 11) is 0. The van der Waals surface area contributed by atoms with Crippen molar-refractivity contribution in [1.82, 2.24) is 20.0 Å². The molecule has 1 aliphatic heterocycles. The average Bonchev–Trinajstić information content (AvgIpc) is 3.53. The van der Waals surface area contributed by atoms with Crippen molar-refractivity contribution >= 4 is 27.9 Å². The van der Waals surface area contributed by atoms with E-state index in [1.807, 2.05) is 42.5 Å². The second kappa shape index (κ2) is 7.12. The molecule has 2 aromatic heterocycles. The van der Waals surface area contributed by atoms with Crippen LogP contribution in [-0.4, -0.2) is 37.8 Å². The summed E-state index contributed by atoms with van der Waals surface area (Å²) in [6.07, 6.45) is 2.74. The summed E-state index contributed by atoms with van der Waals surface area (Å²) < 4.78 is 13.0. The van der Waals surface area contributed by atoms with Crippen LogP contribution in [0, 0.1) is 0 Å². The van der Waals surface area contributed by atoms with Crippen LogP contribution < -0.4 is 9.47 Å². The third-order valence-electron chi connectivity index (χ3n) is 5.82. The molecule has 32 heavy (non-hydrogen) atoms. The monoisotopic (exact) mass is 426 g/mol. The third kappa shape index (κ3) is 3.04. The van der Waals surface area contributed by atoms with Crippen molar-refractivity contribution in [3.63, 3.8) is 0 Å². The predicted molar refractivity (Wildman–Crippen MR) is 117 cm³/mol. The topological polar surface area (TPSA) is 102 Å². The zero-order chi connectivity index (χ0) is 21.7. The molecule has 0 radical (unpaired) electrons. The van der Waals surface area contributed by atoms with Gasteiger partial charge in [0.15, 0.2) is 11.5 Å². The number of hydrogen-bond acceptors (Lipinski definition) is 5. The van der Waals surface area contributed by atoms with E-state index in [0.29, 0.717) is 13.0 Å². The van der Waals surface area contributed by atoms with Gasteiger partial charge in [-0.2, -0.15) is 0 Å². The molecule has 0 aliphatic carbocycles. The molecule has 8 heteroatoms. The van der Waals surface area contributed by atoms with Crippen LogP contribution in [0.2, 0.25) is 0 Å². The molecule has 5 aromatic rings. The maximum absolute atomic E-state index is 11.6. The second-order valence-corrected chi connectivity index (χ2v) is 7.81. The van der Waals surface area contributed by atoms with E-state index in [4.69, 9.17) is 9.47 Å². The first-order valence-corrected chi connectivity index (χ1v) is 10.2. The number of carbonyl (C=O) groups is 1. The Bertz CT molecular complexity index is 1500. The van der Waals surface area contributed by atoms with E-state index in [1.54, 1.807) is 12.1 Å². The summed E-state index contributed by atoms with van der Waals surface area (Å²) in [5.41, 5.74) is 6.04. The zero-order valence-electron chi connectivity index (χ0n) is 16.9. The van der Waals surface area contributed by atoms with Gasteiger partial charge in [0, 0.05) is 30.1 Å². The highest BCUT2D eigenvalue weighted by Gasteiger charge is 2.17. The number of aromatic nitrogens is 4. The number of carboxylic acid groups (broad SMARTS) is 1. The number of fused-ring (bicyclic) bond motifs is 3. The summed E-state index contributed by atoms with van der Waals surface area (Å²) in [5.74, 6) is 0.514. The summed E-state index contributed by atoms with van der Waals surface area (Å²) in [4.78, 5) is 11.6. The van der Waals surface area contributed by atoms with Gasteiger partial charge >= 0.3 is 5.97 Å². The molecule has 0 saturated heterocycles. The lowest BCUT2D eigenvalue weighted by molar-refractivity contribution is 0.0697. The molecule has 8 nitrogen and oxygen atoms in total. The largest absolute Gasteiger partial charge is 0.478 e. The minimum absolute atomic E-state index is 0.227. The smallest absolute Gasteiger partial charge is 0.335 e. The molecule has 1 aliphatic rings. The van der Waals surface area contributed by atoms with E-state index >= 15 is 0 Å². The molecule has 0 unspecified atom stereocenters. The molecule has 0 fully saturated rings. The van der Waals surface area contributed by atoms with Crippen molar-refractivity contribution in [3.8, 4) is 11.5 Å². The first-order chi connectivity index (χ1) is 15.7. The number of nitrogens with zero attached hydrogens (tertiary/aromatic N) is 3. The Kier molecular flexibility index (Phi) is 4.10. The van der Waals surface area contributed by atoms with Crippen LogP contribution in [0.15, 0.2) is 60.8 Å². The normalized spacial score (nSPS) is 12.6. The van der Waals surface area contributed by atoms with Crippen LogP contribution >= 0.6 is 0 Å². The average molecular weight is 426 g/mol. The molecule has 6 rings (SSSR count). The minimum atomic E-state index is -0.948. The Labute approximate surface area is 182 Å². The molecule has 3 aromatic carbocycles. The van der Waals surface area contributed by atoms with E-state index in [2.05, 4.69) is 26.2 Å². The Balaban J connectivity index is 1.45. The Morgan fingerprint density at radius 3 is 2.88 bits per heavy atom. The fourth-order valence-electron chi connectivity index (χ4n) is 4.29. The number of benzene rings is 3. The maximum atomic E-state index is 11.6. The van der Waals surface area contributed by atoms with E-state index in [9.17, 15) is 9.90 Å². The number of aromatic amines is 1. The first kappa shape index (κ1) is 18.4. The van der Waals surface area contributed by atoms with E-state index in [-0.39, 0.29) is 12.4 Å². The van der Waals surface area contributed by atoms with Gasteiger partial charge in [-0.1, -0.05) is 29.5 Å². The number of aromatic carboxylic acids is 1. The number of hydrogen-bond donors (Lipinski definition) is 2. The second-order valence-electron chi connectivity index (χ2n) is 7.81. The van der Waals surface area contributed by atoms with Crippen molar-refractivity contribution < 1.29 is 19.4 Å². The Morgan fingerprint density at radius 2 is 1.97 bits per heavy atom. The van der Waals surface area contributed by atoms with Crippen molar-refractivity contribution in [3.05, 3.63) is 83.0 Å². The lowest BCUT2D eigenvalue weighted by Gasteiger charge is -2.07. The SMILES string of the molecule is O=C(O)c1ccc2c(Cc3cccc4[nH]nnc34)cn(Cc3ccc4c(c3)OCO4)c2c1. The van der Waals surface area contributed by atoms with Crippen molar-refractivity contribution in [2.24, 2.45) is 0 Å². The van der Waals surface area contributed by atoms with Crippen molar-refractivity contribution in [2.45, 2.75) is 13.0 Å².